The van der Waals surface area contributed by atoms with Crippen LogP contribution < -0.4 is 5.56 Å². The number of carbonyl (C=O) groups is 2. The summed E-state index contributed by atoms with van der Waals surface area (Å²) in [5.74, 6) is -2.10. The number of Topliss-reactive ketones (excluding diaryl/α,β-unsaturated/α-hetero) is 1. The number of halogens is 5. The van der Waals surface area contributed by atoms with E-state index in [1.54, 1.807) is 31.3 Å². The maximum atomic E-state index is 13.7. The fraction of sp³-hybridized carbons (Fsp3) is 0.360. The van der Waals surface area contributed by atoms with Crippen LogP contribution >= 0.6 is 15.9 Å². The minimum Gasteiger partial charge on any atom is -0.334 e. The third-order valence-corrected chi connectivity index (χ3v) is 6.49. The van der Waals surface area contributed by atoms with Gasteiger partial charge in [-0.2, -0.15) is 13.2 Å². The molecule has 0 radical (unpaired) electrons. The zero-order valence-electron chi connectivity index (χ0n) is 19.6. The van der Waals surface area contributed by atoms with Gasteiger partial charge in [-0.15, -0.1) is 0 Å². The second-order valence-corrected chi connectivity index (χ2v) is 9.13. The number of nitrogens with zero attached hydrogens (tertiary/aromatic N) is 3. The Morgan fingerprint density at radius 2 is 1.89 bits per heavy atom. The first-order chi connectivity index (χ1) is 16.9. The molecule has 36 heavy (non-hydrogen) atoms. The first-order valence-electron chi connectivity index (χ1n) is 11.3. The van der Waals surface area contributed by atoms with Gasteiger partial charge in [-0.25, -0.2) is 9.37 Å². The van der Waals surface area contributed by atoms with Crippen molar-refractivity contribution >= 4 is 33.3 Å². The molecule has 11 heteroatoms. The van der Waals surface area contributed by atoms with Gasteiger partial charge >= 0.3 is 6.18 Å². The number of rotatable bonds is 9. The van der Waals surface area contributed by atoms with E-state index >= 15 is 0 Å². The Morgan fingerprint density at radius 1 is 1.17 bits per heavy atom. The molecule has 3 aromatic rings. The highest BCUT2D eigenvalue weighted by atomic mass is 79.9. The molecule has 6 nitrogen and oxygen atoms in total. The van der Waals surface area contributed by atoms with Crippen LogP contribution in [0.15, 0.2) is 51.9 Å². The second kappa shape index (κ2) is 11.3. The second-order valence-electron chi connectivity index (χ2n) is 8.34. The Labute approximate surface area is 213 Å². The van der Waals surface area contributed by atoms with Crippen molar-refractivity contribution in [1.82, 2.24) is 14.3 Å². The van der Waals surface area contributed by atoms with E-state index in [0.717, 1.165) is 6.07 Å². The highest BCUT2D eigenvalue weighted by Crippen LogP contribution is 2.32. The van der Waals surface area contributed by atoms with Gasteiger partial charge in [-0.3, -0.25) is 18.8 Å². The fourth-order valence-electron chi connectivity index (χ4n) is 3.87. The number of pyridine rings is 1. The molecule has 0 saturated carbocycles. The van der Waals surface area contributed by atoms with Crippen LogP contribution in [0.3, 0.4) is 0 Å². The third-order valence-electron chi connectivity index (χ3n) is 5.74. The molecule has 1 aromatic carbocycles. The van der Waals surface area contributed by atoms with Crippen LogP contribution in [0.1, 0.15) is 56.0 Å². The van der Waals surface area contributed by atoms with E-state index in [0.29, 0.717) is 30.6 Å². The molecule has 0 bridgehead atoms. The van der Waals surface area contributed by atoms with Crippen LogP contribution in [0, 0.1) is 5.82 Å². The van der Waals surface area contributed by atoms with Gasteiger partial charge in [0.05, 0.1) is 23.7 Å². The quantitative estimate of drug-likeness (QED) is 0.319. The normalized spacial score (nSPS) is 12.5. The largest absolute Gasteiger partial charge is 0.419 e. The lowest BCUT2D eigenvalue weighted by molar-refractivity contribution is -0.140. The average Bonchev–Trinajstić information content (AvgIpc) is 2.82. The first-order valence-corrected chi connectivity index (χ1v) is 12.1. The molecule has 0 saturated heterocycles. The molecule has 1 unspecified atom stereocenters. The van der Waals surface area contributed by atoms with Crippen LogP contribution in [0.5, 0.6) is 0 Å². The third kappa shape index (κ3) is 6.18. The minimum absolute atomic E-state index is 0.0194. The van der Waals surface area contributed by atoms with Crippen molar-refractivity contribution in [2.45, 2.75) is 51.7 Å². The van der Waals surface area contributed by atoms with E-state index in [-0.39, 0.29) is 34.5 Å². The number of carbonyl (C=O) groups excluding carboxylic acids is 2. The van der Waals surface area contributed by atoms with Crippen molar-refractivity contribution in [2.75, 3.05) is 6.54 Å². The number of alkyl halides is 3. The summed E-state index contributed by atoms with van der Waals surface area (Å²) < 4.78 is 54.6. The van der Waals surface area contributed by atoms with Gasteiger partial charge in [-0.1, -0.05) is 19.1 Å². The van der Waals surface area contributed by atoms with Gasteiger partial charge in [0.25, 0.3) is 5.56 Å². The Kier molecular flexibility index (Phi) is 8.65. The molecule has 0 fully saturated rings. The molecule has 0 aliphatic carbocycles. The van der Waals surface area contributed by atoms with E-state index in [4.69, 9.17) is 0 Å². The van der Waals surface area contributed by atoms with Crippen LogP contribution in [0.25, 0.3) is 5.65 Å². The predicted octanol–water partition coefficient (Wildman–Crippen LogP) is 5.51. The lowest BCUT2D eigenvalue weighted by atomic mass is 10.0. The summed E-state index contributed by atoms with van der Waals surface area (Å²) in [6, 6.07) is 6.59. The zero-order valence-corrected chi connectivity index (χ0v) is 21.2. The summed E-state index contributed by atoms with van der Waals surface area (Å²) in [5, 5.41) is 0. The number of ketones is 1. The van der Waals surface area contributed by atoms with Crippen molar-refractivity contribution in [3.63, 3.8) is 0 Å². The first kappa shape index (κ1) is 27.5. The molecule has 0 aliphatic heterocycles. The van der Waals surface area contributed by atoms with Gasteiger partial charge < -0.3 is 4.90 Å². The Hall–Kier alpha value is -3.08. The number of benzene rings is 1. The van der Waals surface area contributed by atoms with Crippen LogP contribution in [-0.2, 0) is 22.2 Å². The SMILES string of the molecule is CCCC(=O)CCN(C(=O)Cc1ccc(F)c(C(F)(F)F)c1)C(C)c1nc2ccccn2c(=O)c1Br. The highest BCUT2D eigenvalue weighted by Gasteiger charge is 2.34. The smallest absolute Gasteiger partial charge is 0.334 e. The molecule has 0 N–H and O–H groups in total. The van der Waals surface area contributed by atoms with Gasteiger partial charge in [-0.05, 0) is 59.1 Å². The summed E-state index contributed by atoms with van der Waals surface area (Å²) in [5.41, 5.74) is -1.30. The summed E-state index contributed by atoms with van der Waals surface area (Å²) in [6.07, 6.45) is -2.84. The molecule has 3 rings (SSSR count). The average molecular weight is 570 g/mol. The fourth-order valence-corrected chi connectivity index (χ4v) is 4.48. The molecule has 0 spiro atoms. The van der Waals surface area contributed by atoms with Crippen LogP contribution in [0.2, 0.25) is 0 Å². The number of amides is 1. The van der Waals surface area contributed by atoms with E-state index < -0.39 is 41.5 Å². The van der Waals surface area contributed by atoms with Gasteiger partial charge in [0.1, 0.15) is 21.7 Å². The van der Waals surface area contributed by atoms with Crippen molar-refractivity contribution in [3.05, 3.63) is 80.1 Å². The number of aromatic nitrogens is 2. The summed E-state index contributed by atoms with van der Waals surface area (Å²) in [4.78, 5) is 44.2. The Morgan fingerprint density at radius 3 is 2.56 bits per heavy atom. The Balaban J connectivity index is 1.98. The maximum Gasteiger partial charge on any atom is 0.419 e. The summed E-state index contributed by atoms with van der Waals surface area (Å²) in [6.45, 7) is 3.45. The van der Waals surface area contributed by atoms with Crippen molar-refractivity contribution in [2.24, 2.45) is 0 Å². The minimum atomic E-state index is -4.91. The molecule has 192 valence electrons. The molecule has 2 heterocycles. The Bertz CT molecular complexity index is 1340. The van der Waals surface area contributed by atoms with E-state index in [9.17, 15) is 31.9 Å². The van der Waals surface area contributed by atoms with Crippen molar-refractivity contribution in [3.8, 4) is 0 Å². The molecule has 1 amide bonds. The lowest BCUT2D eigenvalue weighted by Crippen LogP contribution is -2.38. The predicted molar refractivity (Wildman–Crippen MR) is 129 cm³/mol. The molecular weight excluding hydrogens is 546 g/mol. The van der Waals surface area contributed by atoms with Crippen LogP contribution in [0.4, 0.5) is 17.6 Å². The monoisotopic (exact) mass is 569 g/mol. The van der Waals surface area contributed by atoms with Crippen molar-refractivity contribution in [1.29, 1.82) is 0 Å². The topological polar surface area (TPSA) is 71.8 Å². The summed E-state index contributed by atoms with van der Waals surface area (Å²) >= 11 is 3.26. The van der Waals surface area contributed by atoms with Gasteiger partial charge in [0.2, 0.25) is 5.91 Å². The van der Waals surface area contributed by atoms with Gasteiger partial charge in [0, 0.05) is 25.6 Å². The van der Waals surface area contributed by atoms with E-state index in [2.05, 4.69) is 20.9 Å². The number of hydrogen-bond donors (Lipinski definition) is 0. The standard InChI is InChI=1S/C25H24BrF4N3O3/c1-3-6-17(34)10-12-32(21(35)14-16-8-9-19(27)18(13-16)25(28,29)30)15(2)23-22(26)24(36)33-11-5-4-7-20(33)31-23/h4-5,7-9,11,13,15H,3,6,10,12,14H2,1-2H3. The number of fused-ring (bicyclic) bond motifs is 1. The van der Waals surface area contributed by atoms with Crippen molar-refractivity contribution < 1.29 is 27.2 Å². The van der Waals surface area contributed by atoms with E-state index in [1.807, 2.05) is 6.92 Å². The van der Waals surface area contributed by atoms with Crippen LogP contribution in [-0.4, -0.2) is 32.5 Å². The lowest BCUT2D eigenvalue weighted by Gasteiger charge is -2.30. The molecule has 1 atom stereocenters. The highest BCUT2D eigenvalue weighted by molar-refractivity contribution is 9.10. The number of hydrogen-bond acceptors (Lipinski definition) is 4. The van der Waals surface area contributed by atoms with Gasteiger partial charge in [0.15, 0.2) is 0 Å². The summed E-state index contributed by atoms with van der Waals surface area (Å²) in [7, 11) is 0. The zero-order chi connectivity index (χ0) is 26.6. The molecule has 0 aliphatic rings. The molecule has 2 aromatic heterocycles. The maximum absolute atomic E-state index is 13.7. The van der Waals surface area contributed by atoms with E-state index in [1.165, 1.54) is 9.30 Å². The molecular formula is C25H24BrF4N3O3.